The van der Waals surface area contributed by atoms with Gasteiger partial charge in [-0.2, -0.15) is 0 Å². The van der Waals surface area contributed by atoms with Gasteiger partial charge in [-0.05, 0) is 0 Å². The minimum absolute atomic E-state index is 0.106. The van der Waals surface area contributed by atoms with Crippen molar-refractivity contribution in [3.63, 3.8) is 0 Å². The highest BCUT2D eigenvalue weighted by atomic mass is 16.7. The van der Waals surface area contributed by atoms with E-state index in [1.165, 1.54) is 0 Å². The van der Waals surface area contributed by atoms with Crippen LogP contribution in [0.3, 0.4) is 0 Å². The lowest BCUT2D eigenvalue weighted by Gasteiger charge is -2.27. The Hall–Kier alpha value is -0.240. The first-order valence-electron chi connectivity index (χ1n) is 4.48. The third-order valence-corrected chi connectivity index (χ3v) is 2.36. The van der Waals surface area contributed by atoms with Gasteiger partial charge in [-0.25, -0.2) is 0 Å². The van der Waals surface area contributed by atoms with Crippen LogP contribution in [0.4, 0.5) is 0 Å². The predicted octanol–water partition coefficient (Wildman–Crippen LogP) is -2.32. The summed E-state index contributed by atoms with van der Waals surface area (Å²) in [5.74, 6) is -0.813. The summed E-state index contributed by atoms with van der Waals surface area (Å²) in [6.45, 7) is -0.580. The molecular formula is C8H16O6. The molecule has 1 rings (SSSR count). The van der Waals surface area contributed by atoms with E-state index in [-0.39, 0.29) is 13.4 Å². The molecule has 4 unspecified atom stereocenters. The molecule has 4 N–H and O–H groups in total. The van der Waals surface area contributed by atoms with Crippen molar-refractivity contribution in [2.45, 2.75) is 18.3 Å². The van der Waals surface area contributed by atoms with Gasteiger partial charge in [-0.3, -0.25) is 0 Å². The summed E-state index contributed by atoms with van der Waals surface area (Å²) in [6, 6.07) is 0. The molecular weight excluding hydrogens is 192 g/mol. The molecule has 0 aromatic heterocycles. The average Bonchev–Trinajstić information content (AvgIpc) is 2.71. The smallest absolute Gasteiger partial charge is 0.147 e. The number of rotatable bonds is 5. The summed E-state index contributed by atoms with van der Waals surface area (Å²) in [7, 11) is 0. The minimum atomic E-state index is -1.15. The molecule has 1 fully saturated rings. The minimum Gasteiger partial charge on any atom is -0.396 e. The van der Waals surface area contributed by atoms with Crippen LogP contribution in [0.15, 0.2) is 0 Å². The molecule has 6 nitrogen and oxygen atoms in total. The number of aliphatic hydroxyl groups is 4. The highest BCUT2D eigenvalue weighted by Crippen LogP contribution is 2.18. The maximum atomic E-state index is 9.67. The Morgan fingerprint density at radius 3 is 2.36 bits per heavy atom. The predicted molar refractivity (Wildman–Crippen MR) is 45.4 cm³/mol. The molecule has 0 amide bonds. The zero-order valence-electron chi connectivity index (χ0n) is 7.74. The van der Waals surface area contributed by atoms with E-state index in [2.05, 4.69) is 0 Å². The summed E-state index contributed by atoms with van der Waals surface area (Å²) in [5, 5.41) is 36.6. The van der Waals surface area contributed by atoms with Crippen LogP contribution in [0, 0.1) is 5.92 Å². The zero-order chi connectivity index (χ0) is 10.6. The van der Waals surface area contributed by atoms with Crippen LogP contribution in [-0.4, -0.2) is 65.4 Å². The summed E-state index contributed by atoms with van der Waals surface area (Å²) in [5.41, 5.74) is 0. The summed E-state index contributed by atoms with van der Waals surface area (Å²) in [4.78, 5) is 0. The fourth-order valence-corrected chi connectivity index (χ4v) is 1.41. The van der Waals surface area contributed by atoms with Gasteiger partial charge >= 0.3 is 0 Å². The van der Waals surface area contributed by atoms with Crippen LogP contribution in [0.25, 0.3) is 0 Å². The van der Waals surface area contributed by atoms with Crippen molar-refractivity contribution in [3.05, 3.63) is 0 Å². The average molecular weight is 208 g/mol. The first-order chi connectivity index (χ1) is 6.70. The maximum Gasteiger partial charge on any atom is 0.147 e. The normalized spacial score (nSPS) is 28.7. The van der Waals surface area contributed by atoms with E-state index < -0.39 is 37.4 Å². The van der Waals surface area contributed by atoms with Gasteiger partial charge in [-0.1, -0.05) is 0 Å². The molecule has 0 bridgehead atoms. The number of ether oxygens (including phenoxy) is 2. The maximum absolute atomic E-state index is 9.67. The van der Waals surface area contributed by atoms with Gasteiger partial charge in [0.1, 0.15) is 12.9 Å². The molecule has 4 atom stereocenters. The molecule has 1 saturated heterocycles. The van der Waals surface area contributed by atoms with Gasteiger partial charge in [0.05, 0.1) is 32.0 Å². The molecule has 14 heavy (non-hydrogen) atoms. The Kier molecular flexibility index (Phi) is 4.73. The molecule has 84 valence electrons. The highest BCUT2D eigenvalue weighted by molar-refractivity contribution is 4.82. The first-order valence-corrected chi connectivity index (χ1v) is 4.48. The largest absolute Gasteiger partial charge is 0.396 e. The quantitative estimate of drug-likeness (QED) is 0.405. The third kappa shape index (κ3) is 2.63. The van der Waals surface area contributed by atoms with E-state index in [1.54, 1.807) is 0 Å². The van der Waals surface area contributed by atoms with Crippen LogP contribution in [-0.2, 0) is 9.47 Å². The van der Waals surface area contributed by atoms with E-state index in [9.17, 15) is 10.2 Å². The van der Waals surface area contributed by atoms with Gasteiger partial charge in [0.25, 0.3) is 0 Å². The van der Waals surface area contributed by atoms with Crippen LogP contribution < -0.4 is 0 Å². The number of hydrogen-bond donors (Lipinski definition) is 4. The van der Waals surface area contributed by atoms with Crippen molar-refractivity contribution < 1.29 is 29.9 Å². The molecule has 0 aromatic carbocycles. The molecule has 0 radical (unpaired) electrons. The fraction of sp³-hybridized carbons (Fsp3) is 1.00. The Bertz CT molecular complexity index is 158. The molecule has 0 spiro atoms. The Labute approximate surface area is 81.7 Å². The summed E-state index contributed by atoms with van der Waals surface area (Å²) < 4.78 is 9.89. The van der Waals surface area contributed by atoms with Gasteiger partial charge in [0.2, 0.25) is 0 Å². The van der Waals surface area contributed by atoms with Crippen LogP contribution in [0.5, 0.6) is 0 Å². The van der Waals surface area contributed by atoms with E-state index in [0.717, 1.165) is 0 Å². The monoisotopic (exact) mass is 208 g/mol. The van der Waals surface area contributed by atoms with E-state index in [4.69, 9.17) is 19.7 Å². The lowest BCUT2D eigenvalue weighted by atomic mass is 9.93. The molecule has 0 aliphatic carbocycles. The molecule has 1 aliphatic heterocycles. The lowest BCUT2D eigenvalue weighted by molar-refractivity contribution is -0.0894. The Morgan fingerprint density at radius 1 is 1.21 bits per heavy atom. The first kappa shape index (κ1) is 11.8. The van der Waals surface area contributed by atoms with E-state index >= 15 is 0 Å². The van der Waals surface area contributed by atoms with Gasteiger partial charge in [0, 0.05) is 5.92 Å². The van der Waals surface area contributed by atoms with Crippen molar-refractivity contribution in [2.75, 3.05) is 26.6 Å². The molecule has 1 heterocycles. The van der Waals surface area contributed by atoms with Gasteiger partial charge in [-0.15, -0.1) is 0 Å². The van der Waals surface area contributed by atoms with E-state index in [1.807, 2.05) is 0 Å². The molecule has 6 heteroatoms. The standard InChI is InChI=1S/C8H16O6/c9-1-5(6(11)2-10)8(12)7-3-13-4-14-7/h5-12H,1-4H2. The van der Waals surface area contributed by atoms with Crippen LogP contribution in [0.2, 0.25) is 0 Å². The van der Waals surface area contributed by atoms with Crippen molar-refractivity contribution in [1.82, 2.24) is 0 Å². The highest BCUT2D eigenvalue weighted by Gasteiger charge is 2.34. The Morgan fingerprint density at radius 2 is 1.93 bits per heavy atom. The van der Waals surface area contributed by atoms with Crippen molar-refractivity contribution >= 4 is 0 Å². The van der Waals surface area contributed by atoms with Crippen molar-refractivity contribution in [2.24, 2.45) is 5.92 Å². The molecule has 0 aromatic rings. The Balaban J connectivity index is 2.49. The zero-order valence-corrected chi connectivity index (χ0v) is 7.74. The lowest BCUT2D eigenvalue weighted by Crippen LogP contribution is -2.44. The second-order valence-corrected chi connectivity index (χ2v) is 3.28. The second-order valence-electron chi connectivity index (χ2n) is 3.28. The number of hydrogen-bond acceptors (Lipinski definition) is 6. The summed E-state index contributed by atoms with van der Waals surface area (Å²) >= 11 is 0. The van der Waals surface area contributed by atoms with E-state index in [0.29, 0.717) is 0 Å². The molecule has 1 aliphatic rings. The second kappa shape index (κ2) is 5.59. The van der Waals surface area contributed by atoms with Crippen LogP contribution in [0.1, 0.15) is 0 Å². The number of aliphatic hydroxyl groups excluding tert-OH is 4. The summed E-state index contributed by atoms with van der Waals surface area (Å²) in [6.07, 6.45) is -2.74. The van der Waals surface area contributed by atoms with Crippen molar-refractivity contribution in [1.29, 1.82) is 0 Å². The SMILES string of the molecule is OCC(O)C(CO)C(O)C1COCO1. The fourth-order valence-electron chi connectivity index (χ4n) is 1.41. The van der Waals surface area contributed by atoms with Gasteiger partial charge < -0.3 is 29.9 Å². The van der Waals surface area contributed by atoms with Gasteiger partial charge in [0.15, 0.2) is 0 Å². The third-order valence-electron chi connectivity index (χ3n) is 2.36. The topological polar surface area (TPSA) is 99.4 Å². The van der Waals surface area contributed by atoms with Crippen molar-refractivity contribution in [3.8, 4) is 0 Å². The van der Waals surface area contributed by atoms with Crippen LogP contribution >= 0.6 is 0 Å². The molecule has 0 saturated carbocycles.